The molecule has 2 aliphatic heterocycles. The second-order valence-electron chi connectivity index (χ2n) is 8.87. The second-order valence-corrected chi connectivity index (χ2v) is 11.2. The van der Waals surface area contributed by atoms with Crippen LogP contribution in [0.15, 0.2) is 10.5 Å². The quantitative estimate of drug-likeness (QED) is 0.521. The molecular formula is C21H31ClN4O2S. The molecule has 0 radical (unpaired) electrons. The number of carbonyl (C=O) groups excluding carboxylic acids is 1. The summed E-state index contributed by atoms with van der Waals surface area (Å²) in [6.45, 7) is 10.1. The molecule has 0 aromatic carbocycles. The molecule has 8 heteroatoms. The van der Waals surface area contributed by atoms with Crippen molar-refractivity contribution in [3.05, 3.63) is 22.3 Å². The van der Waals surface area contributed by atoms with Gasteiger partial charge < -0.3 is 9.80 Å². The molecule has 0 aliphatic carbocycles. The topological polar surface area (TPSA) is 65.9 Å². The van der Waals surface area contributed by atoms with Gasteiger partial charge in [0.25, 0.3) is 5.91 Å². The average molecular weight is 439 g/mol. The van der Waals surface area contributed by atoms with Gasteiger partial charge in [-0.3, -0.25) is 4.79 Å². The predicted molar refractivity (Wildman–Crippen MR) is 121 cm³/mol. The highest BCUT2D eigenvalue weighted by Crippen LogP contribution is 2.29. The molecule has 0 unspecified atom stereocenters. The van der Waals surface area contributed by atoms with E-state index in [4.69, 9.17) is 11.6 Å². The summed E-state index contributed by atoms with van der Waals surface area (Å²) in [6.07, 6.45) is 6.84. The largest absolute Gasteiger partial charge is 0.354 e. The van der Waals surface area contributed by atoms with E-state index in [9.17, 15) is 9.00 Å². The Kier molecular flexibility index (Phi) is 6.99. The molecule has 1 amide bonds. The van der Waals surface area contributed by atoms with Gasteiger partial charge in [0.2, 0.25) is 0 Å². The third-order valence-corrected chi connectivity index (χ3v) is 7.15. The first-order chi connectivity index (χ1) is 13.7. The lowest BCUT2D eigenvalue weighted by atomic mass is 10.1. The zero-order valence-electron chi connectivity index (χ0n) is 17.8. The van der Waals surface area contributed by atoms with Crippen LogP contribution in [0, 0.1) is 0 Å². The van der Waals surface area contributed by atoms with Crippen LogP contribution in [0.4, 0.5) is 5.82 Å². The molecule has 2 aliphatic rings. The highest BCUT2D eigenvalue weighted by atomic mass is 35.5. The van der Waals surface area contributed by atoms with Crippen molar-refractivity contribution in [1.29, 1.82) is 0 Å². The number of nitrogens with zero attached hydrogens (tertiary/aromatic N) is 4. The first kappa shape index (κ1) is 22.2. The minimum absolute atomic E-state index is 0.0508. The summed E-state index contributed by atoms with van der Waals surface area (Å²) in [4.78, 5) is 22.0. The molecule has 1 aromatic rings. The van der Waals surface area contributed by atoms with E-state index in [0.29, 0.717) is 17.2 Å². The maximum Gasteiger partial charge on any atom is 0.254 e. The number of amides is 1. The van der Waals surface area contributed by atoms with Crippen molar-refractivity contribution in [3.63, 3.8) is 0 Å². The zero-order chi connectivity index (χ0) is 21.2. The van der Waals surface area contributed by atoms with Crippen molar-refractivity contribution < 1.29 is 9.00 Å². The number of hydrogen-bond donors (Lipinski definition) is 0. The summed E-state index contributed by atoms with van der Waals surface area (Å²) < 4.78 is 16.1. The van der Waals surface area contributed by atoms with E-state index in [1.165, 1.54) is 6.21 Å². The van der Waals surface area contributed by atoms with Crippen molar-refractivity contribution in [2.45, 2.75) is 70.6 Å². The maximum atomic E-state index is 13.3. The van der Waals surface area contributed by atoms with E-state index < -0.39 is 15.7 Å². The summed E-state index contributed by atoms with van der Waals surface area (Å²) in [5.41, 5.74) is 0.950. The second kappa shape index (κ2) is 9.13. The van der Waals surface area contributed by atoms with Gasteiger partial charge in [0, 0.05) is 37.5 Å². The van der Waals surface area contributed by atoms with Crippen LogP contribution in [0.5, 0.6) is 0 Å². The number of piperidine rings is 1. The third-order valence-electron chi connectivity index (χ3n) is 5.52. The van der Waals surface area contributed by atoms with Gasteiger partial charge in [-0.1, -0.05) is 11.6 Å². The molecule has 3 heterocycles. The summed E-state index contributed by atoms with van der Waals surface area (Å²) in [6, 6.07) is 2.20. The van der Waals surface area contributed by atoms with Crippen LogP contribution < -0.4 is 4.90 Å². The molecule has 6 nitrogen and oxygen atoms in total. The average Bonchev–Trinajstić information content (AvgIpc) is 3.11. The SMILES string of the molecule is C[C@@H]1CCCN1c1cc(C(=O)N2CCCCC2)c(/C=N/[S@](=O)C(C)(C)C)c(Cl)n1. The lowest BCUT2D eigenvalue weighted by Crippen LogP contribution is -2.36. The Balaban J connectivity index is 2.02. The van der Waals surface area contributed by atoms with E-state index >= 15 is 0 Å². The first-order valence-corrected chi connectivity index (χ1v) is 11.9. The standard InChI is InChI=1S/C21H31ClN4O2S/c1-15-9-8-12-26(15)18-13-16(20(27)25-10-6-5-7-11-25)17(19(22)24-18)14-23-29(28)21(2,3)4/h13-15H,5-12H2,1-4H3/b23-14+/t15-,29-/m1/s1. The van der Waals surface area contributed by atoms with E-state index in [0.717, 1.165) is 57.6 Å². The number of aromatic nitrogens is 1. The summed E-state index contributed by atoms with van der Waals surface area (Å²) in [5.74, 6) is 0.680. The van der Waals surface area contributed by atoms with Gasteiger partial charge in [-0.15, -0.1) is 0 Å². The van der Waals surface area contributed by atoms with Crippen molar-refractivity contribution in [3.8, 4) is 0 Å². The number of carbonyl (C=O) groups is 1. The molecule has 0 saturated carbocycles. The van der Waals surface area contributed by atoms with Crippen LogP contribution in [-0.2, 0) is 11.0 Å². The lowest BCUT2D eigenvalue weighted by molar-refractivity contribution is 0.0724. The molecule has 2 saturated heterocycles. The van der Waals surface area contributed by atoms with Gasteiger partial charge in [0.05, 0.1) is 10.3 Å². The Morgan fingerprint density at radius 2 is 1.93 bits per heavy atom. The predicted octanol–water partition coefficient (Wildman–Crippen LogP) is 4.23. The van der Waals surface area contributed by atoms with Crippen molar-refractivity contribution in [1.82, 2.24) is 9.88 Å². The summed E-state index contributed by atoms with van der Waals surface area (Å²) in [7, 11) is -1.44. The van der Waals surface area contributed by atoms with Gasteiger partial charge in [-0.2, -0.15) is 4.40 Å². The molecule has 0 spiro atoms. The van der Waals surface area contributed by atoms with Crippen molar-refractivity contribution in [2.75, 3.05) is 24.5 Å². The number of likely N-dealkylation sites (tertiary alicyclic amines) is 1. The van der Waals surface area contributed by atoms with E-state index in [1.807, 2.05) is 31.7 Å². The summed E-state index contributed by atoms with van der Waals surface area (Å²) >= 11 is 6.54. The number of anilines is 1. The molecule has 29 heavy (non-hydrogen) atoms. The van der Waals surface area contributed by atoms with Crippen molar-refractivity contribution >= 4 is 40.5 Å². The van der Waals surface area contributed by atoms with Crippen LogP contribution in [0.25, 0.3) is 0 Å². The Morgan fingerprint density at radius 3 is 2.52 bits per heavy atom. The van der Waals surface area contributed by atoms with Gasteiger partial charge >= 0.3 is 0 Å². The first-order valence-electron chi connectivity index (χ1n) is 10.4. The molecule has 2 fully saturated rings. The van der Waals surface area contributed by atoms with Crippen LogP contribution in [-0.4, -0.2) is 56.6 Å². The Hall–Kier alpha value is -1.47. The number of pyridine rings is 1. The molecule has 2 atom stereocenters. The lowest BCUT2D eigenvalue weighted by Gasteiger charge is -2.28. The fraction of sp³-hybridized carbons (Fsp3) is 0.667. The molecule has 0 N–H and O–H groups in total. The fourth-order valence-corrected chi connectivity index (χ4v) is 4.51. The monoisotopic (exact) mass is 438 g/mol. The fourth-order valence-electron chi connectivity index (χ4n) is 3.76. The van der Waals surface area contributed by atoms with E-state index in [2.05, 4.69) is 21.2 Å². The molecular weight excluding hydrogens is 408 g/mol. The van der Waals surface area contributed by atoms with Gasteiger partial charge in [0.1, 0.15) is 22.0 Å². The molecule has 3 rings (SSSR count). The van der Waals surface area contributed by atoms with Gasteiger partial charge in [0.15, 0.2) is 0 Å². The van der Waals surface area contributed by atoms with Gasteiger partial charge in [-0.05, 0) is 65.9 Å². The highest BCUT2D eigenvalue weighted by Gasteiger charge is 2.28. The number of halogens is 1. The van der Waals surface area contributed by atoms with Crippen LogP contribution in [0.2, 0.25) is 5.15 Å². The number of hydrogen-bond acceptors (Lipinski definition) is 4. The van der Waals surface area contributed by atoms with Crippen LogP contribution in [0.1, 0.15) is 75.7 Å². The Morgan fingerprint density at radius 1 is 1.24 bits per heavy atom. The number of rotatable bonds is 4. The van der Waals surface area contributed by atoms with E-state index in [1.54, 1.807) is 0 Å². The van der Waals surface area contributed by atoms with E-state index in [-0.39, 0.29) is 11.1 Å². The molecule has 0 bridgehead atoms. The third kappa shape index (κ3) is 5.18. The Bertz CT molecular complexity index is 816. The van der Waals surface area contributed by atoms with Crippen LogP contribution >= 0.6 is 11.6 Å². The minimum atomic E-state index is -1.44. The molecule has 160 valence electrons. The van der Waals surface area contributed by atoms with Gasteiger partial charge in [-0.25, -0.2) is 9.19 Å². The Labute approximate surface area is 181 Å². The molecule has 1 aromatic heterocycles. The van der Waals surface area contributed by atoms with Crippen LogP contribution in [0.3, 0.4) is 0 Å². The summed E-state index contributed by atoms with van der Waals surface area (Å²) in [5, 5.41) is 0.233. The maximum absolute atomic E-state index is 13.3. The van der Waals surface area contributed by atoms with Crippen molar-refractivity contribution in [2.24, 2.45) is 4.40 Å². The normalized spacial score (nSPS) is 21.8. The minimum Gasteiger partial charge on any atom is -0.354 e. The highest BCUT2D eigenvalue weighted by molar-refractivity contribution is 7.85. The zero-order valence-corrected chi connectivity index (χ0v) is 19.4. The smallest absolute Gasteiger partial charge is 0.254 e.